The zero-order chi connectivity index (χ0) is 25.3. The van der Waals surface area contributed by atoms with E-state index < -0.39 is 28.5 Å². The van der Waals surface area contributed by atoms with Crippen LogP contribution < -0.4 is 14.4 Å². The Morgan fingerprint density at radius 3 is 2.35 bits per heavy atom. The fourth-order valence-electron chi connectivity index (χ4n) is 3.64. The van der Waals surface area contributed by atoms with Crippen molar-refractivity contribution in [1.29, 1.82) is 0 Å². The average Bonchev–Trinajstić information content (AvgIpc) is 2.80. The molecule has 0 heterocycles. The number of carbonyl (C=O) groups is 2. The number of methoxy groups -OCH3 is 1. The van der Waals surface area contributed by atoms with Crippen LogP contribution in [0.3, 0.4) is 0 Å². The molecule has 0 bridgehead atoms. The van der Waals surface area contributed by atoms with Crippen LogP contribution in [0.25, 0.3) is 0 Å². The summed E-state index contributed by atoms with van der Waals surface area (Å²) in [6, 6.07) is 13.4. The second kappa shape index (κ2) is 12.6. The van der Waals surface area contributed by atoms with Gasteiger partial charge in [-0.2, -0.15) is 0 Å². The summed E-state index contributed by atoms with van der Waals surface area (Å²) in [4.78, 5) is 27.8. The van der Waals surface area contributed by atoms with Gasteiger partial charge in [0.25, 0.3) is 0 Å². The predicted molar refractivity (Wildman–Crippen MR) is 135 cm³/mol. The lowest BCUT2D eigenvalue weighted by Crippen LogP contribution is -2.53. The van der Waals surface area contributed by atoms with Crippen LogP contribution in [0, 0.1) is 0 Å². The van der Waals surface area contributed by atoms with Gasteiger partial charge in [0.05, 0.1) is 19.1 Å². The fraction of sp³-hybridized carbons (Fsp3) is 0.417. The van der Waals surface area contributed by atoms with Gasteiger partial charge in [0.2, 0.25) is 21.8 Å². The number of halogens is 1. The van der Waals surface area contributed by atoms with Crippen molar-refractivity contribution in [2.24, 2.45) is 0 Å². The first kappa shape index (κ1) is 27.5. The van der Waals surface area contributed by atoms with E-state index >= 15 is 0 Å². The molecule has 0 aliphatic rings. The number of sulfonamides is 1. The molecule has 0 aliphatic carbocycles. The van der Waals surface area contributed by atoms with E-state index in [1.807, 2.05) is 37.3 Å². The number of rotatable bonds is 12. The minimum Gasteiger partial charge on any atom is -0.495 e. The number of anilines is 1. The van der Waals surface area contributed by atoms with Crippen molar-refractivity contribution in [3.8, 4) is 5.75 Å². The van der Waals surface area contributed by atoms with Crippen molar-refractivity contribution >= 4 is 39.1 Å². The van der Waals surface area contributed by atoms with E-state index in [2.05, 4.69) is 5.32 Å². The van der Waals surface area contributed by atoms with Crippen molar-refractivity contribution in [1.82, 2.24) is 10.2 Å². The SMILES string of the molecule is CCNC(=O)C(CC)N(CCc1ccccc1)C(=O)CN(c1cc(Cl)ccc1OC)S(C)(=O)=O. The highest BCUT2D eigenvalue weighted by atomic mass is 35.5. The lowest BCUT2D eigenvalue weighted by molar-refractivity contribution is -0.139. The number of ether oxygens (including phenoxy) is 1. The van der Waals surface area contributed by atoms with E-state index in [0.29, 0.717) is 24.4 Å². The zero-order valence-electron chi connectivity index (χ0n) is 20.0. The third kappa shape index (κ3) is 7.36. The third-order valence-electron chi connectivity index (χ3n) is 5.31. The minimum atomic E-state index is -3.88. The first-order valence-corrected chi connectivity index (χ1v) is 13.3. The second-order valence-electron chi connectivity index (χ2n) is 7.73. The first-order valence-electron chi connectivity index (χ1n) is 11.0. The van der Waals surface area contributed by atoms with Gasteiger partial charge in [-0.3, -0.25) is 13.9 Å². The number of nitrogens with one attached hydrogen (secondary N) is 1. The number of hydrogen-bond donors (Lipinski definition) is 1. The van der Waals surface area contributed by atoms with Crippen LogP contribution in [0.2, 0.25) is 5.02 Å². The van der Waals surface area contributed by atoms with E-state index in [1.54, 1.807) is 13.0 Å². The van der Waals surface area contributed by atoms with Gasteiger partial charge in [0.1, 0.15) is 18.3 Å². The standard InChI is InChI=1S/C24H32ClN3O5S/c1-5-20(24(30)26-6-2)27(15-14-18-10-8-7-9-11-18)23(29)17-28(34(4,31)32)21-16-19(25)12-13-22(21)33-3/h7-13,16,20H,5-6,14-15,17H2,1-4H3,(H,26,30). The van der Waals surface area contributed by atoms with Crippen LogP contribution >= 0.6 is 11.6 Å². The Morgan fingerprint density at radius 1 is 1.12 bits per heavy atom. The zero-order valence-corrected chi connectivity index (χ0v) is 21.5. The summed E-state index contributed by atoms with van der Waals surface area (Å²) in [7, 11) is -2.47. The molecule has 2 amide bonds. The van der Waals surface area contributed by atoms with Crippen LogP contribution in [-0.4, -0.2) is 64.2 Å². The largest absolute Gasteiger partial charge is 0.495 e. The van der Waals surface area contributed by atoms with Crippen LogP contribution in [-0.2, 0) is 26.0 Å². The molecule has 0 saturated carbocycles. The predicted octanol–water partition coefficient (Wildman–Crippen LogP) is 3.10. The lowest BCUT2D eigenvalue weighted by atomic mass is 10.1. The molecular formula is C24H32ClN3O5S. The minimum absolute atomic E-state index is 0.153. The number of hydrogen-bond acceptors (Lipinski definition) is 5. The van der Waals surface area contributed by atoms with Gasteiger partial charge in [0, 0.05) is 18.1 Å². The molecule has 1 unspecified atom stereocenters. The summed E-state index contributed by atoms with van der Waals surface area (Å²) < 4.78 is 31.7. The number of nitrogens with zero attached hydrogens (tertiary/aromatic N) is 2. The molecule has 2 rings (SSSR count). The van der Waals surface area contributed by atoms with Gasteiger partial charge in [-0.15, -0.1) is 0 Å². The smallest absolute Gasteiger partial charge is 0.244 e. The summed E-state index contributed by atoms with van der Waals surface area (Å²) in [5.74, 6) is -0.520. The van der Waals surface area contributed by atoms with Crippen molar-refractivity contribution in [2.75, 3.05) is 37.3 Å². The number of benzene rings is 2. The maximum absolute atomic E-state index is 13.6. The quantitative estimate of drug-likeness (QED) is 0.474. The maximum atomic E-state index is 13.6. The van der Waals surface area contributed by atoms with Crippen molar-refractivity contribution in [2.45, 2.75) is 32.7 Å². The Morgan fingerprint density at radius 2 is 1.79 bits per heavy atom. The normalized spacial score (nSPS) is 12.0. The molecule has 0 spiro atoms. The molecule has 0 radical (unpaired) electrons. The molecular weight excluding hydrogens is 478 g/mol. The van der Waals surface area contributed by atoms with Crippen molar-refractivity contribution in [3.63, 3.8) is 0 Å². The average molecular weight is 510 g/mol. The fourth-order valence-corrected chi connectivity index (χ4v) is 4.65. The summed E-state index contributed by atoms with van der Waals surface area (Å²) in [6.07, 6.45) is 1.91. The van der Waals surface area contributed by atoms with Crippen LogP contribution in [0.4, 0.5) is 5.69 Å². The molecule has 10 heteroatoms. The van der Waals surface area contributed by atoms with E-state index in [-0.39, 0.29) is 23.9 Å². The molecule has 1 atom stereocenters. The van der Waals surface area contributed by atoms with Gasteiger partial charge in [0.15, 0.2) is 0 Å². The Bertz CT molecular complexity index is 1080. The monoisotopic (exact) mass is 509 g/mol. The van der Waals surface area contributed by atoms with E-state index in [9.17, 15) is 18.0 Å². The van der Waals surface area contributed by atoms with E-state index in [4.69, 9.17) is 16.3 Å². The van der Waals surface area contributed by atoms with Gasteiger partial charge >= 0.3 is 0 Å². The number of carbonyl (C=O) groups excluding carboxylic acids is 2. The van der Waals surface area contributed by atoms with Crippen LogP contribution in [0.1, 0.15) is 25.8 Å². The molecule has 0 saturated heterocycles. The molecule has 1 N–H and O–H groups in total. The van der Waals surface area contributed by atoms with Crippen molar-refractivity contribution in [3.05, 3.63) is 59.1 Å². The molecule has 0 fully saturated rings. The molecule has 0 aromatic heterocycles. The molecule has 2 aromatic rings. The van der Waals surface area contributed by atoms with Crippen LogP contribution in [0.15, 0.2) is 48.5 Å². The highest BCUT2D eigenvalue weighted by molar-refractivity contribution is 7.92. The van der Waals surface area contributed by atoms with Crippen molar-refractivity contribution < 1.29 is 22.7 Å². The molecule has 8 nitrogen and oxygen atoms in total. The Kier molecular flexibility index (Phi) is 10.2. The van der Waals surface area contributed by atoms with Gasteiger partial charge < -0.3 is 15.0 Å². The first-order chi connectivity index (χ1) is 16.1. The highest BCUT2D eigenvalue weighted by Crippen LogP contribution is 2.33. The second-order valence-corrected chi connectivity index (χ2v) is 10.1. The molecule has 186 valence electrons. The van der Waals surface area contributed by atoms with Gasteiger partial charge in [-0.25, -0.2) is 8.42 Å². The Balaban J connectivity index is 2.42. The highest BCUT2D eigenvalue weighted by Gasteiger charge is 2.32. The van der Waals surface area contributed by atoms with Gasteiger partial charge in [-0.1, -0.05) is 48.9 Å². The summed E-state index contributed by atoms with van der Waals surface area (Å²) in [6.45, 7) is 3.79. The molecule has 2 aromatic carbocycles. The van der Waals surface area contributed by atoms with E-state index in [0.717, 1.165) is 16.1 Å². The molecule has 34 heavy (non-hydrogen) atoms. The number of likely N-dealkylation sites (N-methyl/N-ethyl adjacent to an activating group) is 1. The topological polar surface area (TPSA) is 96.0 Å². The van der Waals surface area contributed by atoms with Gasteiger partial charge in [-0.05, 0) is 43.5 Å². The van der Waals surface area contributed by atoms with E-state index in [1.165, 1.54) is 24.1 Å². The third-order valence-corrected chi connectivity index (χ3v) is 6.67. The Hall–Kier alpha value is -2.78. The summed E-state index contributed by atoms with van der Waals surface area (Å²) in [5, 5.41) is 3.07. The number of amides is 2. The molecule has 0 aliphatic heterocycles. The summed E-state index contributed by atoms with van der Waals surface area (Å²) >= 11 is 6.11. The maximum Gasteiger partial charge on any atom is 0.244 e. The Labute approximate surface area is 206 Å². The lowest BCUT2D eigenvalue weighted by Gasteiger charge is -2.33. The summed E-state index contributed by atoms with van der Waals surface area (Å²) in [5.41, 5.74) is 1.16. The van der Waals surface area contributed by atoms with Crippen LogP contribution in [0.5, 0.6) is 5.75 Å².